The SMILES string of the molecule is COc1c(NN)cc(F)c(Br)c1F. The van der Waals surface area contributed by atoms with E-state index >= 15 is 0 Å². The Morgan fingerprint density at radius 3 is 2.62 bits per heavy atom. The minimum absolute atomic E-state index is 0.0562. The smallest absolute Gasteiger partial charge is 0.184 e. The van der Waals surface area contributed by atoms with Crippen LogP contribution >= 0.6 is 15.9 Å². The maximum absolute atomic E-state index is 13.2. The molecule has 1 rings (SSSR count). The summed E-state index contributed by atoms with van der Waals surface area (Å²) in [5.41, 5.74) is 2.19. The number of benzene rings is 1. The Labute approximate surface area is 82.0 Å². The molecule has 0 aliphatic rings. The molecule has 72 valence electrons. The van der Waals surface area contributed by atoms with Gasteiger partial charge in [-0.25, -0.2) is 8.78 Å². The van der Waals surface area contributed by atoms with Crippen LogP contribution in [0.1, 0.15) is 0 Å². The van der Waals surface area contributed by atoms with Gasteiger partial charge in [0.15, 0.2) is 11.6 Å². The van der Waals surface area contributed by atoms with Crippen molar-refractivity contribution >= 4 is 21.6 Å². The number of hydrogen-bond acceptors (Lipinski definition) is 3. The molecule has 0 saturated carbocycles. The van der Waals surface area contributed by atoms with Gasteiger partial charge >= 0.3 is 0 Å². The molecule has 0 saturated heterocycles. The van der Waals surface area contributed by atoms with Gasteiger partial charge in [0, 0.05) is 6.07 Å². The number of nitrogens with one attached hydrogen (secondary N) is 1. The van der Waals surface area contributed by atoms with Crippen LogP contribution in [-0.2, 0) is 0 Å². The van der Waals surface area contributed by atoms with E-state index in [4.69, 9.17) is 5.84 Å². The van der Waals surface area contributed by atoms with Crippen molar-refractivity contribution in [3.05, 3.63) is 22.2 Å². The highest BCUT2D eigenvalue weighted by Gasteiger charge is 2.16. The monoisotopic (exact) mass is 252 g/mol. The first-order chi connectivity index (χ1) is 6.11. The molecule has 0 heterocycles. The lowest BCUT2D eigenvalue weighted by molar-refractivity contribution is 0.384. The van der Waals surface area contributed by atoms with Crippen LogP contribution in [-0.4, -0.2) is 7.11 Å². The van der Waals surface area contributed by atoms with Crippen LogP contribution in [0.15, 0.2) is 10.5 Å². The zero-order chi connectivity index (χ0) is 10.0. The van der Waals surface area contributed by atoms with Crippen molar-refractivity contribution < 1.29 is 13.5 Å². The minimum atomic E-state index is -0.824. The number of rotatable bonds is 2. The Hall–Kier alpha value is -0.880. The first-order valence-electron chi connectivity index (χ1n) is 3.30. The molecular formula is C7H7BrF2N2O. The summed E-state index contributed by atoms with van der Waals surface area (Å²) in [4.78, 5) is 0. The van der Waals surface area contributed by atoms with E-state index in [1.54, 1.807) is 0 Å². The van der Waals surface area contributed by atoms with E-state index in [-0.39, 0.29) is 15.9 Å². The summed E-state index contributed by atoms with van der Waals surface area (Å²) in [6.07, 6.45) is 0. The van der Waals surface area contributed by atoms with Gasteiger partial charge in [-0.05, 0) is 15.9 Å². The van der Waals surface area contributed by atoms with Gasteiger partial charge < -0.3 is 10.2 Å². The number of nitrogen functional groups attached to an aromatic ring is 1. The van der Waals surface area contributed by atoms with E-state index in [9.17, 15) is 8.78 Å². The fraction of sp³-hybridized carbons (Fsp3) is 0.143. The van der Waals surface area contributed by atoms with Crippen molar-refractivity contribution in [3.63, 3.8) is 0 Å². The van der Waals surface area contributed by atoms with E-state index < -0.39 is 11.6 Å². The van der Waals surface area contributed by atoms with E-state index in [0.717, 1.165) is 6.07 Å². The molecule has 1 aromatic carbocycles. The maximum atomic E-state index is 13.2. The summed E-state index contributed by atoms with van der Waals surface area (Å²) in [6, 6.07) is 1.03. The highest BCUT2D eigenvalue weighted by molar-refractivity contribution is 9.10. The van der Waals surface area contributed by atoms with Gasteiger partial charge in [-0.2, -0.15) is 0 Å². The summed E-state index contributed by atoms with van der Waals surface area (Å²) in [6.45, 7) is 0. The second kappa shape index (κ2) is 3.89. The van der Waals surface area contributed by atoms with E-state index in [1.165, 1.54) is 7.11 Å². The second-order valence-corrected chi connectivity index (χ2v) is 3.00. The molecule has 0 radical (unpaired) electrons. The van der Waals surface area contributed by atoms with Crippen LogP contribution in [0.5, 0.6) is 5.75 Å². The largest absolute Gasteiger partial charge is 0.492 e. The fourth-order valence-electron chi connectivity index (χ4n) is 0.885. The Morgan fingerprint density at radius 2 is 2.15 bits per heavy atom. The number of anilines is 1. The average molecular weight is 253 g/mol. The number of nitrogens with two attached hydrogens (primary N) is 1. The Balaban J connectivity index is 3.39. The number of hydrogen-bond donors (Lipinski definition) is 2. The number of halogens is 3. The maximum Gasteiger partial charge on any atom is 0.184 e. The molecule has 0 aromatic heterocycles. The Morgan fingerprint density at radius 1 is 1.54 bits per heavy atom. The summed E-state index contributed by atoms with van der Waals surface area (Å²) in [5, 5.41) is 0. The third-order valence-corrected chi connectivity index (χ3v) is 2.20. The standard InChI is InChI=1S/C7H7BrF2N2O/c1-13-7-4(12-11)2-3(9)5(8)6(7)10/h2,12H,11H2,1H3. The van der Waals surface area contributed by atoms with Gasteiger partial charge in [0.25, 0.3) is 0 Å². The van der Waals surface area contributed by atoms with Crippen LogP contribution in [0.3, 0.4) is 0 Å². The third-order valence-electron chi connectivity index (χ3n) is 1.48. The highest BCUT2D eigenvalue weighted by atomic mass is 79.9. The molecule has 0 bridgehead atoms. The van der Waals surface area contributed by atoms with Crippen LogP contribution < -0.4 is 16.0 Å². The lowest BCUT2D eigenvalue weighted by Crippen LogP contribution is -2.09. The molecule has 0 aliphatic heterocycles. The van der Waals surface area contributed by atoms with Crippen molar-refractivity contribution in [2.24, 2.45) is 5.84 Å². The molecule has 1 aromatic rings. The molecule has 0 atom stereocenters. The quantitative estimate of drug-likeness (QED) is 0.481. The molecule has 3 N–H and O–H groups in total. The van der Waals surface area contributed by atoms with Crippen molar-refractivity contribution in [2.75, 3.05) is 12.5 Å². The lowest BCUT2D eigenvalue weighted by Gasteiger charge is -2.10. The first kappa shape index (κ1) is 10.2. The van der Waals surface area contributed by atoms with Crippen molar-refractivity contribution in [1.29, 1.82) is 0 Å². The summed E-state index contributed by atoms with van der Waals surface area (Å²) in [5.74, 6) is 3.34. The van der Waals surface area contributed by atoms with Gasteiger partial charge in [-0.15, -0.1) is 0 Å². The molecule has 0 unspecified atom stereocenters. The van der Waals surface area contributed by atoms with Crippen LogP contribution in [0.2, 0.25) is 0 Å². The Bertz CT molecular complexity index is 333. The highest BCUT2D eigenvalue weighted by Crippen LogP contribution is 2.34. The predicted octanol–water partition coefficient (Wildman–Crippen LogP) is 2.02. The topological polar surface area (TPSA) is 47.3 Å². The van der Waals surface area contributed by atoms with Gasteiger partial charge in [-0.3, -0.25) is 5.84 Å². The molecule has 13 heavy (non-hydrogen) atoms. The lowest BCUT2D eigenvalue weighted by atomic mass is 10.3. The number of methoxy groups -OCH3 is 1. The molecule has 0 spiro atoms. The molecule has 0 fully saturated rings. The first-order valence-corrected chi connectivity index (χ1v) is 4.09. The van der Waals surface area contributed by atoms with Crippen molar-refractivity contribution in [3.8, 4) is 5.75 Å². The molecule has 0 aliphatic carbocycles. The third kappa shape index (κ3) is 1.73. The van der Waals surface area contributed by atoms with Crippen LogP contribution in [0.4, 0.5) is 14.5 Å². The Kier molecular flexibility index (Phi) is 3.05. The molecule has 6 heteroatoms. The molecule has 0 amide bonds. The van der Waals surface area contributed by atoms with E-state index in [2.05, 4.69) is 26.1 Å². The molecular weight excluding hydrogens is 246 g/mol. The number of hydrazine groups is 1. The average Bonchev–Trinajstić information content (AvgIpc) is 2.13. The van der Waals surface area contributed by atoms with Crippen LogP contribution in [0.25, 0.3) is 0 Å². The zero-order valence-corrected chi connectivity index (χ0v) is 8.28. The van der Waals surface area contributed by atoms with Gasteiger partial charge in [-0.1, -0.05) is 0 Å². The molecule has 3 nitrogen and oxygen atoms in total. The summed E-state index contributed by atoms with van der Waals surface area (Å²) in [7, 11) is 1.27. The van der Waals surface area contributed by atoms with Gasteiger partial charge in [0.05, 0.1) is 17.3 Å². The van der Waals surface area contributed by atoms with Gasteiger partial charge in [0.2, 0.25) is 0 Å². The fourth-order valence-corrected chi connectivity index (χ4v) is 1.18. The van der Waals surface area contributed by atoms with E-state index in [1.807, 2.05) is 0 Å². The van der Waals surface area contributed by atoms with Gasteiger partial charge in [0.1, 0.15) is 5.82 Å². The minimum Gasteiger partial charge on any atom is -0.492 e. The normalized spacial score (nSPS) is 9.92. The second-order valence-electron chi connectivity index (χ2n) is 2.21. The summed E-state index contributed by atoms with van der Waals surface area (Å²) >= 11 is 2.74. The van der Waals surface area contributed by atoms with Crippen LogP contribution in [0, 0.1) is 11.6 Å². The zero-order valence-electron chi connectivity index (χ0n) is 6.70. The van der Waals surface area contributed by atoms with Crippen molar-refractivity contribution in [1.82, 2.24) is 0 Å². The van der Waals surface area contributed by atoms with Crippen molar-refractivity contribution in [2.45, 2.75) is 0 Å². The summed E-state index contributed by atoms with van der Waals surface area (Å²) < 4.78 is 30.5. The van der Waals surface area contributed by atoms with E-state index in [0.29, 0.717) is 0 Å². The predicted molar refractivity (Wildman–Crippen MR) is 48.4 cm³/mol. The number of ether oxygens (including phenoxy) is 1.